The van der Waals surface area contributed by atoms with E-state index < -0.39 is 0 Å². The molecule has 50 valence electrons. The van der Waals surface area contributed by atoms with E-state index in [0.717, 1.165) is 12.8 Å². The first-order chi connectivity index (χ1) is 4.27. The summed E-state index contributed by atoms with van der Waals surface area (Å²) in [7, 11) is 0. The van der Waals surface area contributed by atoms with Crippen LogP contribution in [-0.2, 0) is 9.53 Å². The summed E-state index contributed by atoms with van der Waals surface area (Å²) in [5, 5.41) is 0. The maximum absolute atomic E-state index is 10.8. The van der Waals surface area contributed by atoms with Gasteiger partial charge in [-0.1, -0.05) is 6.92 Å². The Bertz CT molecular complexity index is 153. The van der Waals surface area contributed by atoms with Crippen LogP contribution in [0.2, 0.25) is 0 Å². The Morgan fingerprint density at radius 2 is 2.33 bits per heavy atom. The van der Waals surface area contributed by atoms with Gasteiger partial charge in [-0.2, -0.15) is 0 Å². The van der Waals surface area contributed by atoms with Gasteiger partial charge >= 0.3 is 5.97 Å². The molecule has 0 aromatic rings. The second kappa shape index (κ2) is 1.49. The van der Waals surface area contributed by atoms with E-state index in [2.05, 4.69) is 6.92 Å². The van der Waals surface area contributed by atoms with E-state index in [1.807, 2.05) is 0 Å². The Kier molecular flexibility index (Phi) is 0.875. The van der Waals surface area contributed by atoms with Crippen molar-refractivity contribution < 1.29 is 9.53 Å². The fourth-order valence-corrected chi connectivity index (χ4v) is 1.87. The van der Waals surface area contributed by atoms with Crippen LogP contribution in [0.5, 0.6) is 0 Å². The van der Waals surface area contributed by atoms with Crippen LogP contribution < -0.4 is 0 Å². The monoisotopic (exact) mass is 126 g/mol. The van der Waals surface area contributed by atoms with Crippen molar-refractivity contribution in [2.45, 2.75) is 25.9 Å². The predicted octanol–water partition coefficient (Wildman–Crippen LogP) is 0.958. The van der Waals surface area contributed by atoms with Crippen LogP contribution in [0.25, 0.3) is 0 Å². The normalized spacial score (nSPS) is 47.7. The summed E-state index contributed by atoms with van der Waals surface area (Å²) >= 11 is 0. The zero-order chi connectivity index (χ0) is 6.43. The summed E-state index contributed by atoms with van der Waals surface area (Å²) in [6.07, 6.45) is 2.36. The first kappa shape index (κ1) is 5.27. The van der Waals surface area contributed by atoms with Crippen LogP contribution in [0.3, 0.4) is 0 Å². The lowest BCUT2D eigenvalue weighted by atomic mass is 9.99. The maximum atomic E-state index is 10.8. The van der Waals surface area contributed by atoms with Gasteiger partial charge < -0.3 is 4.74 Å². The SMILES string of the molecule is CC1C[C@H]2C[C@@H]1C(=O)O2. The van der Waals surface area contributed by atoms with Gasteiger partial charge in [0.1, 0.15) is 6.10 Å². The lowest BCUT2D eigenvalue weighted by Crippen LogP contribution is -2.20. The zero-order valence-corrected chi connectivity index (χ0v) is 5.46. The maximum Gasteiger partial charge on any atom is 0.309 e. The molecule has 2 rings (SSSR count). The third kappa shape index (κ3) is 0.590. The second-order valence-corrected chi connectivity index (χ2v) is 3.11. The van der Waals surface area contributed by atoms with Crippen LogP contribution in [0.15, 0.2) is 0 Å². The fraction of sp³-hybridized carbons (Fsp3) is 0.857. The topological polar surface area (TPSA) is 26.3 Å². The number of carbonyl (C=O) groups is 1. The molecule has 1 aliphatic carbocycles. The summed E-state index contributed by atoms with van der Waals surface area (Å²) in [6, 6.07) is 0. The number of hydrogen-bond acceptors (Lipinski definition) is 2. The third-order valence-electron chi connectivity index (χ3n) is 2.42. The number of rotatable bonds is 0. The highest BCUT2D eigenvalue weighted by Crippen LogP contribution is 2.40. The molecule has 2 aliphatic rings. The minimum absolute atomic E-state index is 0.0405. The van der Waals surface area contributed by atoms with Gasteiger partial charge in [-0.3, -0.25) is 4.79 Å². The summed E-state index contributed by atoms with van der Waals surface area (Å²) in [6.45, 7) is 2.13. The van der Waals surface area contributed by atoms with E-state index in [9.17, 15) is 4.79 Å². The molecule has 0 N–H and O–H groups in total. The van der Waals surface area contributed by atoms with E-state index in [4.69, 9.17) is 4.74 Å². The molecule has 1 saturated heterocycles. The Morgan fingerprint density at radius 3 is 2.67 bits per heavy atom. The molecular formula is C7H10O2. The fourth-order valence-electron chi connectivity index (χ4n) is 1.87. The van der Waals surface area contributed by atoms with Crippen LogP contribution in [0, 0.1) is 11.8 Å². The van der Waals surface area contributed by atoms with Crippen molar-refractivity contribution in [1.29, 1.82) is 0 Å². The molecule has 2 heteroatoms. The summed E-state index contributed by atoms with van der Waals surface area (Å²) in [4.78, 5) is 10.8. The Balaban J connectivity index is 2.21. The molecular weight excluding hydrogens is 116 g/mol. The van der Waals surface area contributed by atoms with Crippen LogP contribution >= 0.6 is 0 Å². The van der Waals surface area contributed by atoms with Gasteiger partial charge in [0.05, 0.1) is 5.92 Å². The van der Waals surface area contributed by atoms with Gasteiger partial charge in [0, 0.05) is 0 Å². The Morgan fingerprint density at radius 1 is 1.56 bits per heavy atom. The van der Waals surface area contributed by atoms with Gasteiger partial charge in [-0.25, -0.2) is 0 Å². The number of fused-ring (bicyclic) bond motifs is 2. The van der Waals surface area contributed by atoms with Crippen LogP contribution in [-0.4, -0.2) is 12.1 Å². The lowest BCUT2D eigenvalue weighted by Gasteiger charge is -2.15. The quantitative estimate of drug-likeness (QED) is 0.452. The minimum Gasteiger partial charge on any atom is -0.462 e. The molecule has 9 heavy (non-hydrogen) atoms. The lowest BCUT2D eigenvalue weighted by molar-refractivity contribution is -0.149. The van der Waals surface area contributed by atoms with Gasteiger partial charge in [0.25, 0.3) is 0 Å². The first-order valence-corrected chi connectivity index (χ1v) is 3.48. The van der Waals surface area contributed by atoms with Crippen molar-refractivity contribution in [3.63, 3.8) is 0 Å². The molecule has 1 saturated carbocycles. The highest BCUT2D eigenvalue weighted by atomic mass is 16.6. The Labute approximate surface area is 54.2 Å². The average Bonchev–Trinajstić information content (AvgIpc) is 2.22. The average molecular weight is 126 g/mol. The van der Waals surface area contributed by atoms with Gasteiger partial charge in [-0.05, 0) is 18.8 Å². The zero-order valence-electron chi connectivity index (χ0n) is 5.46. The summed E-state index contributed by atoms with van der Waals surface area (Å²) < 4.78 is 4.99. The van der Waals surface area contributed by atoms with Crippen LogP contribution in [0.4, 0.5) is 0 Å². The van der Waals surface area contributed by atoms with Crippen molar-refractivity contribution >= 4 is 5.97 Å². The molecule has 0 aromatic carbocycles. The van der Waals surface area contributed by atoms with Crippen molar-refractivity contribution in [3.8, 4) is 0 Å². The molecule has 0 amide bonds. The number of carbonyl (C=O) groups excluding carboxylic acids is 1. The molecule has 2 bridgehead atoms. The molecule has 1 aliphatic heterocycles. The first-order valence-electron chi connectivity index (χ1n) is 3.48. The van der Waals surface area contributed by atoms with Crippen LogP contribution in [0.1, 0.15) is 19.8 Å². The summed E-state index contributed by atoms with van der Waals surface area (Å²) in [5.41, 5.74) is 0. The number of hydrogen-bond donors (Lipinski definition) is 0. The number of ether oxygens (including phenoxy) is 1. The minimum atomic E-state index is 0.0405. The van der Waals surface area contributed by atoms with Gasteiger partial charge in [-0.15, -0.1) is 0 Å². The Hall–Kier alpha value is -0.530. The largest absolute Gasteiger partial charge is 0.462 e. The van der Waals surface area contributed by atoms with E-state index in [-0.39, 0.29) is 18.0 Å². The molecule has 2 nitrogen and oxygen atoms in total. The van der Waals surface area contributed by atoms with E-state index in [0.29, 0.717) is 5.92 Å². The van der Waals surface area contributed by atoms with Crippen molar-refractivity contribution in [3.05, 3.63) is 0 Å². The second-order valence-electron chi connectivity index (χ2n) is 3.11. The van der Waals surface area contributed by atoms with E-state index in [1.54, 1.807) is 0 Å². The highest BCUT2D eigenvalue weighted by Gasteiger charge is 2.45. The molecule has 0 spiro atoms. The van der Waals surface area contributed by atoms with Gasteiger partial charge in [0.15, 0.2) is 0 Å². The van der Waals surface area contributed by atoms with Crippen molar-refractivity contribution in [2.75, 3.05) is 0 Å². The molecule has 2 fully saturated rings. The molecule has 0 radical (unpaired) electrons. The van der Waals surface area contributed by atoms with E-state index >= 15 is 0 Å². The van der Waals surface area contributed by atoms with E-state index in [1.165, 1.54) is 0 Å². The molecule has 1 heterocycles. The van der Waals surface area contributed by atoms with Gasteiger partial charge in [0.2, 0.25) is 0 Å². The predicted molar refractivity (Wildman–Crippen MR) is 31.8 cm³/mol. The third-order valence-corrected chi connectivity index (χ3v) is 2.42. The van der Waals surface area contributed by atoms with Crippen molar-refractivity contribution in [2.24, 2.45) is 11.8 Å². The smallest absolute Gasteiger partial charge is 0.309 e. The molecule has 0 aromatic heterocycles. The standard InChI is InChI=1S/C7H10O2/c1-4-2-5-3-6(4)7(8)9-5/h4-6H,2-3H2,1H3/t4?,5-,6-/m0/s1. The number of esters is 1. The molecule has 1 unspecified atom stereocenters. The highest BCUT2D eigenvalue weighted by molar-refractivity contribution is 5.76. The molecule has 3 atom stereocenters. The van der Waals surface area contributed by atoms with Crippen molar-refractivity contribution in [1.82, 2.24) is 0 Å². The summed E-state index contributed by atoms with van der Waals surface area (Å²) in [5.74, 6) is 0.866.